The summed E-state index contributed by atoms with van der Waals surface area (Å²) in [6.07, 6.45) is 7.32. The minimum atomic E-state index is -0.762. The number of hydroxylamine groups is 2. The molecule has 11 nitrogen and oxygen atoms in total. The normalized spacial score (nSPS) is 18.0. The molecule has 0 bridgehead atoms. The van der Waals surface area contributed by atoms with Crippen molar-refractivity contribution in [1.29, 1.82) is 0 Å². The van der Waals surface area contributed by atoms with Gasteiger partial charge in [0.25, 0.3) is 0 Å². The predicted octanol–water partition coefficient (Wildman–Crippen LogP) is 4.66. The van der Waals surface area contributed by atoms with Gasteiger partial charge in [0.2, 0.25) is 5.91 Å². The highest BCUT2D eigenvalue weighted by atomic mass is 16.7. The number of aryl methyl sites for hydroxylation is 2. The van der Waals surface area contributed by atoms with Crippen LogP contribution in [0, 0.1) is 0 Å². The monoisotopic (exact) mass is 653 g/mol. The third-order valence-corrected chi connectivity index (χ3v) is 9.90. The highest BCUT2D eigenvalue weighted by molar-refractivity contribution is 5.91. The number of benzene rings is 2. The van der Waals surface area contributed by atoms with Gasteiger partial charge < -0.3 is 30.2 Å². The molecule has 3 aliphatic heterocycles. The van der Waals surface area contributed by atoms with Gasteiger partial charge in [-0.25, -0.2) is 9.59 Å². The summed E-state index contributed by atoms with van der Waals surface area (Å²) in [5, 5.41) is 7.63. The van der Waals surface area contributed by atoms with Crippen LogP contribution >= 0.6 is 0 Å². The first-order valence-electron chi connectivity index (χ1n) is 17.3. The first-order chi connectivity index (χ1) is 23.4. The summed E-state index contributed by atoms with van der Waals surface area (Å²) in [6.45, 7) is 8.47. The van der Waals surface area contributed by atoms with Gasteiger partial charge in [0, 0.05) is 82.0 Å². The number of nitrogens with zero attached hydrogens (tertiary/aromatic N) is 5. The number of pyridine rings is 1. The quantitative estimate of drug-likeness (QED) is 0.346. The third-order valence-electron chi connectivity index (χ3n) is 9.90. The summed E-state index contributed by atoms with van der Waals surface area (Å²) in [5.74, 6) is -0.106. The Morgan fingerprint density at radius 3 is 2.38 bits per heavy atom. The van der Waals surface area contributed by atoms with Crippen LogP contribution in [-0.4, -0.2) is 95.8 Å². The fourth-order valence-electron chi connectivity index (χ4n) is 7.15. The SMILES string of the molecule is CCc1ccc(CC(NC(=O)ON2CCC(N3CCc4ccccc4NC3=O)CC2)C(=O)N2CCN(c3ccncc3)CC2)cc1CC. The number of aromatic nitrogens is 1. The molecule has 1 aromatic heterocycles. The zero-order chi connectivity index (χ0) is 33.5. The maximum Gasteiger partial charge on any atom is 0.426 e. The van der Waals surface area contributed by atoms with E-state index in [1.165, 1.54) is 11.1 Å². The summed E-state index contributed by atoms with van der Waals surface area (Å²) < 4.78 is 0. The first-order valence-corrected chi connectivity index (χ1v) is 17.3. The van der Waals surface area contributed by atoms with Gasteiger partial charge in [0.05, 0.1) is 0 Å². The molecule has 2 aromatic carbocycles. The van der Waals surface area contributed by atoms with E-state index < -0.39 is 12.1 Å². The average Bonchev–Trinajstić information content (AvgIpc) is 3.29. The van der Waals surface area contributed by atoms with Crippen molar-refractivity contribution in [3.05, 3.63) is 89.2 Å². The molecule has 4 amide bonds. The number of hydrogen-bond donors (Lipinski definition) is 2. The topological polar surface area (TPSA) is 110 Å². The molecule has 2 N–H and O–H groups in total. The average molecular weight is 654 g/mol. The lowest BCUT2D eigenvalue weighted by atomic mass is 9.96. The summed E-state index contributed by atoms with van der Waals surface area (Å²) in [4.78, 5) is 56.2. The zero-order valence-corrected chi connectivity index (χ0v) is 28.1. The van der Waals surface area contributed by atoms with E-state index in [0.29, 0.717) is 65.1 Å². The van der Waals surface area contributed by atoms with Crippen molar-refractivity contribution in [2.24, 2.45) is 0 Å². The van der Waals surface area contributed by atoms with Crippen molar-refractivity contribution in [1.82, 2.24) is 25.2 Å². The van der Waals surface area contributed by atoms with Gasteiger partial charge in [-0.15, -0.1) is 5.06 Å². The van der Waals surface area contributed by atoms with Crippen molar-refractivity contribution in [3.63, 3.8) is 0 Å². The highest BCUT2D eigenvalue weighted by Crippen LogP contribution is 2.25. The summed E-state index contributed by atoms with van der Waals surface area (Å²) >= 11 is 0. The molecule has 3 aliphatic rings. The van der Waals surface area contributed by atoms with Gasteiger partial charge in [-0.1, -0.05) is 50.2 Å². The Kier molecular flexibility index (Phi) is 10.7. The van der Waals surface area contributed by atoms with Crippen LogP contribution in [0.2, 0.25) is 0 Å². The molecule has 1 atom stereocenters. The van der Waals surface area contributed by atoms with Gasteiger partial charge >= 0.3 is 12.1 Å². The Labute approximate surface area is 283 Å². The number of rotatable bonds is 9. The third kappa shape index (κ3) is 7.90. The molecule has 2 fully saturated rings. The van der Waals surface area contributed by atoms with E-state index in [2.05, 4.69) is 58.6 Å². The Morgan fingerprint density at radius 2 is 1.65 bits per heavy atom. The van der Waals surface area contributed by atoms with E-state index in [4.69, 9.17) is 4.84 Å². The van der Waals surface area contributed by atoms with Crippen LogP contribution in [0.5, 0.6) is 0 Å². The van der Waals surface area contributed by atoms with Crippen LogP contribution in [0.3, 0.4) is 0 Å². The number of piperidine rings is 1. The molecule has 254 valence electrons. The fourth-order valence-corrected chi connectivity index (χ4v) is 7.15. The number of piperazine rings is 1. The Morgan fingerprint density at radius 1 is 0.917 bits per heavy atom. The van der Waals surface area contributed by atoms with Gasteiger partial charge in [-0.3, -0.25) is 9.78 Å². The fraction of sp³-hybridized carbons (Fsp3) is 0.459. The molecule has 0 saturated carbocycles. The van der Waals surface area contributed by atoms with Gasteiger partial charge in [0.1, 0.15) is 6.04 Å². The molecular formula is C37H47N7O4. The van der Waals surface area contributed by atoms with E-state index in [-0.39, 0.29) is 18.0 Å². The van der Waals surface area contributed by atoms with Crippen LogP contribution in [-0.2, 0) is 35.3 Å². The lowest BCUT2D eigenvalue weighted by Gasteiger charge is -2.38. The molecule has 1 unspecified atom stereocenters. The van der Waals surface area contributed by atoms with Crippen molar-refractivity contribution in [3.8, 4) is 0 Å². The summed E-state index contributed by atoms with van der Waals surface area (Å²) in [5.41, 5.74) is 6.67. The number of nitrogens with one attached hydrogen (secondary N) is 2. The molecule has 0 aliphatic carbocycles. The molecule has 3 aromatic rings. The first kappa shape index (κ1) is 33.3. The lowest BCUT2D eigenvalue weighted by molar-refractivity contribution is -0.136. The minimum Gasteiger partial charge on any atom is -0.368 e. The van der Waals surface area contributed by atoms with Crippen LogP contribution < -0.4 is 15.5 Å². The number of amides is 4. The van der Waals surface area contributed by atoms with Gasteiger partial charge in [-0.05, 0) is 72.6 Å². The molecule has 2 saturated heterocycles. The number of anilines is 2. The zero-order valence-electron chi connectivity index (χ0n) is 28.1. The number of carbonyl (C=O) groups is 3. The van der Waals surface area contributed by atoms with E-state index >= 15 is 0 Å². The Bertz CT molecular complexity index is 1570. The number of urea groups is 1. The molecule has 6 rings (SSSR count). The second kappa shape index (κ2) is 15.5. The Balaban J connectivity index is 1.07. The standard InChI is InChI=1S/C37H47N7O4/c1-3-28-10-9-27(25-29(28)4-2)26-34(35(45)42-23-21-41(22-24-42)31-11-16-38-17-12-31)40-37(47)48-43-18-14-32(15-19-43)44-20-13-30-7-5-6-8-33(30)39-36(44)46/h5-12,16-17,25,32,34H,3-4,13-15,18-24,26H2,1-2H3,(H,39,46)(H,40,47). The van der Waals surface area contributed by atoms with Crippen molar-refractivity contribution < 1.29 is 19.2 Å². The van der Waals surface area contributed by atoms with E-state index in [9.17, 15) is 14.4 Å². The second-order valence-corrected chi connectivity index (χ2v) is 12.8. The summed E-state index contributed by atoms with van der Waals surface area (Å²) in [7, 11) is 0. The van der Waals surface area contributed by atoms with Crippen LogP contribution in [0.15, 0.2) is 67.0 Å². The number of fused-ring (bicyclic) bond motifs is 1. The van der Waals surface area contributed by atoms with Crippen molar-refractivity contribution >= 4 is 29.4 Å². The number of para-hydroxylation sites is 1. The smallest absolute Gasteiger partial charge is 0.368 e. The van der Waals surface area contributed by atoms with Crippen molar-refractivity contribution in [2.45, 2.75) is 64.5 Å². The molecule has 0 radical (unpaired) electrons. The molecule has 11 heteroatoms. The number of carbonyl (C=O) groups excluding carboxylic acids is 3. The van der Waals surface area contributed by atoms with E-state index in [1.54, 1.807) is 17.5 Å². The van der Waals surface area contributed by atoms with Crippen LogP contribution in [0.1, 0.15) is 48.9 Å². The minimum absolute atomic E-state index is 0.0567. The summed E-state index contributed by atoms with van der Waals surface area (Å²) in [6, 6.07) is 17.5. The molecule has 48 heavy (non-hydrogen) atoms. The largest absolute Gasteiger partial charge is 0.426 e. The highest BCUT2D eigenvalue weighted by Gasteiger charge is 2.33. The molecule has 0 spiro atoms. The lowest BCUT2D eigenvalue weighted by Crippen LogP contribution is -2.56. The van der Waals surface area contributed by atoms with Gasteiger partial charge in [-0.2, -0.15) is 0 Å². The maximum absolute atomic E-state index is 14.0. The van der Waals surface area contributed by atoms with E-state index in [1.807, 2.05) is 40.1 Å². The molecular weight excluding hydrogens is 606 g/mol. The second-order valence-electron chi connectivity index (χ2n) is 12.8. The van der Waals surface area contributed by atoms with Crippen LogP contribution in [0.25, 0.3) is 0 Å². The van der Waals surface area contributed by atoms with Crippen LogP contribution in [0.4, 0.5) is 21.0 Å². The maximum atomic E-state index is 14.0. The predicted molar refractivity (Wildman–Crippen MR) is 186 cm³/mol. The Hall–Kier alpha value is -4.64. The van der Waals surface area contributed by atoms with E-state index in [0.717, 1.165) is 41.8 Å². The van der Waals surface area contributed by atoms with Gasteiger partial charge in [0.15, 0.2) is 0 Å². The molecule has 4 heterocycles. The number of hydrogen-bond acceptors (Lipinski definition) is 7. The van der Waals surface area contributed by atoms with Crippen molar-refractivity contribution in [2.75, 3.05) is 56.0 Å².